The van der Waals surface area contributed by atoms with Gasteiger partial charge >= 0.3 is 0 Å². The van der Waals surface area contributed by atoms with E-state index in [1.807, 2.05) is 25.1 Å². The van der Waals surface area contributed by atoms with Gasteiger partial charge in [0.1, 0.15) is 6.54 Å². The molecule has 0 spiro atoms. The maximum atomic E-state index is 11.7. The van der Waals surface area contributed by atoms with Crippen LogP contribution in [0.25, 0.3) is 0 Å². The molecule has 0 aliphatic carbocycles. The van der Waals surface area contributed by atoms with Crippen molar-refractivity contribution in [1.82, 2.24) is 15.5 Å². The Labute approximate surface area is 172 Å². The lowest BCUT2D eigenvalue weighted by molar-refractivity contribution is -0.127. The summed E-state index contributed by atoms with van der Waals surface area (Å²) in [7, 11) is 3.47. The number of halogens is 2. The molecule has 1 saturated heterocycles. The second-order valence-corrected chi connectivity index (χ2v) is 6.48. The van der Waals surface area contributed by atoms with Gasteiger partial charge in [0.15, 0.2) is 5.96 Å². The first-order valence-electron chi connectivity index (χ1n) is 8.25. The van der Waals surface area contributed by atoms with Crippen molar-refractivity contribution in [2.24, 2.45) is 4.99 Å². The van der Waals surface area contributed by atoms with Gasteiger partial charge in [-0.1, -0.05) is 17.7 Å². The summed E-state index contributed by atoms with van der Waals surface area (Å²) in [5.74, 6) is 0.671. The van der Waals surface area contributed by atoms with Gasteiger partial charge in [0.2, 0.25) is 5.91 Å². The van der Waals surface area contributed by atoms with Crippen LogP contribution in [0.4, 0.5) is 5.69 Å². The first-order chi connectivity index (χ1) is 11.5. The van der Waals surface area contributed by atoms with Crippen LogP contribution in [0.3, 0.4) is 0 Å². The highest BCUT2D eigenvalue weighted by molar-refractivity contribution is 14.0. The molecule has 0 aromatic heterocycles. The average molecular weight is 480 g/mol. The molecule has 1 aromatic rings. The van der Waals surface area contributed by atoms with Crippen LogP contribution in [-0.4, -0.2) is 63.1 Å². The first-order valence-corrected chi connectivity index (χ1v) is 8.63. The lowest BCUT2D eigenvalue weighted by Gasteiger charge is -2.20. The Hall–Kier alpha value is -1.22. The molecule has 1 heterocycles. The molecule has 1 aliphatic heterocycles. The molecule has 2 rings (SSSR count). The highest BCUT2D eigenvalue weighted by atomic mass is 127. The minimum atomic E-state index is -0.0146. The van der Waals surface area contributed by atoms with Crippen molar-refractivity contribution in [2.45, 2.75) is 19.4 Å². The average Bonchev–Trinajstić information content (AvgIpc) is 3.01. The number of anilines is 1. The first kappa shape index (κ1) is 21.8. The van der Waals surface area contributed by atoms with Crippen molar-refractivity contribution in [2.75, 3.05) is 45.2 Å². The topological polar surface area (TPSA) is 60.0 Å². The van der Waals surface area contributed by atoms with E-state index in [0.29, 0.717) is 5.96 Å². The number of hydrogen-bond donors (Lipinski definition) is 2. The molecule has 1 atom stereocenters. The predicted molar refractivity (Wildman–Crippen MR) is 115 cm³/mol. The number of benzene rings is 1. The van der Waals surface area contributed by atoms with Crippen LogP contribution in [0.15, 0.2) is 29.3 Å². The Kier molecular flexibility index (Phi) is 9.34. The largest absolute Gasteiger partial charge is 0.369 e. The molecular weight excluding hydrogens is 453 g/mol. The molecule has 140 valence electrons. The Balaban J connectivity index is 0.00000312. The number of nitrogens with one attached hydrogen (secondary N) is 2. The van der Waals surface area contributed by atoms with Crippen LogP contribution in [0, 0.1) is 0 Å². The number of rotatable bonds is 5. The number of guanidine groups is 1. The van der Waals surface area contributed by atoms with E-state index in [-0.39, 0.29) is 42.5 Å². The third kappa shape index (κ3) is 6.89. The summed E-state index contributed by atoms with van der Waals surface area (Å²) in [4.78, 5) is 19.9. The molecule has 25 heavy (non-hydrogen) atoms. The Morgan fingerprint density at radius 1 is 1.44 bits per heavy atom. The fraction of sp³-hybridized carbons (Fsp3) is 0.529. The fourth-order valence-corrected chi connectivity index (χ4v) is 2.77. The summed E-state index contributed by atoms with van der Waals surface area (Å²) in [6.07, 6.45) is 1.01. The van der Waals surface area contributed by atoms with E-state index in [4.69, 9.17) is 11.6 Å². The van der Waals surface area contributed by atoms with Gasteiger partial charge < -0.3 is 20.4 Å². The standard InChI is InChI=1S/C17H26ClN5O.HI/c1-4-19-17(20-11-16(24)22(2)3)21-14-8-9-23(12-14)15-7-5-6-13(18)10-15;/h5-7,10,14H,4,8-9,11-12H2,1-3H3,(H2,19,20,21);1H. The molecule has 1 fully saturated rings. The second-order valence-electron chi connectivity index (χ2n) is 6.04. The number of nitrogens with zero attached hydrogens (tertiary/aromatic N) is 3. The summed E-state index contributed by atoms with van der Waals surface area (Å²) < 4.78 is 0. The molecule has 0 radical (unpaired) electrons. The number of likely N-dealkylation sites (N-methyl/N-ethyl adjacent to an activating group) is 1. The Morgan fingerprint density at radius 3 is 2.84 bits per heavy atom. The van der Waals surface area contributed by atoms with Gasteiger partial charge in [0.25, 0.3) is 0 Å². The van der Waals surface area contributed by atoms with E-state index >= 15 is 0 Å². The van der Waals surface area contributed by atoms with Gasteiger partial charge in [-0.25, -0.2) is 4.99 Å². The number of aliphatic imine (C=N–C) groups is 1. The van der Waals surface area contributed by atoms with Gasteiger partial charge in [-0.15, -0.1) is 24.0 Å². The van der Waals surface area contributed by atoms with Crippen LogP contribution in [0.5, 0.6) is 0 Å². The van der Waals surface area contributed by atoms with E-state index in [2.05, 4.69) is 26.6 Å². The molecule has 1 aliphatic rings. The van der Waals surface area contributed by atoms with Crippen LogP contribution < -0.4 is 15.5 Å². The lowest BCUT2D eigenvalue weighted by atomic mass is 10.3. The van der Waals surface area contributed by atoms with Gasteiger partial charge in [-0.2, -0.15) is 0 Å². The molecule has 1 aromatic carbocycles. The number of carbonyl (C=O) groups excluding carboxylic acids is 1. The number of hydrogen-bond acceptors (Lipinski definition) is 3. The van der Waals surface area contributed by atoms with E-state index in [9.17, 15) is 4.79 Å². The number of carbonyl (C=O) groups is 1. The second kappa shape index (κ2) is 10.7. The summed E-state index contributed by atoms with van der Waals surface area (Å²) >= 11 is 6.07. The smallest absolute Gasteiger partial charge is 0.243 e. The van der Waals surface area contributed by atoms with E-state index in [0.717, 1.165) is 36.8 Å². The molecule has 1 unspecified atom stereocenters. The van der Waals surface area contributed by atoms with Crippen molar-refractivity contribution in [3.8, 4) is 0 Å². The predicted octanol–water partition coefficient (Wildman–Crippen LogP) is 2.18. The van der Waals surface area contributed by atoms with Crippen LogP contribution in [0.2, 0.25) is 5.02 Å². The highest BCUT2D eigenvalue weighted by Crippen LogP contribution is 2.23. The number of amides is 1. The van der Waals surface area contributed by atoms with Crippen LogP contribution in [-0.2, 0) is 4.79 Å². The Bertz CT molecular complexity index is 596. The third-order valence-electron chi connectivity index (χ3n) is 3.92. The van der Waals surface area contributed by atoms with E-state index in [1.165, 1.54) is 0 Å². The summed E-state index contributed by atoms with van der Waals surface area (Å²) in [5.41, 5.74) is 1.14. The minimum Gasteiger partial charge on any atom is -0.369 e. The molecule has 0 bridgehead atoms. The minimum absolute atomic E-state index is 0. The van der Waals surface area contributed by atoms with Crippen molar-refractivity contribution in [1.29, 1.82) is 0 Å². The maximum absolute atomic E-state index is 11.7. The lowest BCUT2D eigenvalue weighted by Crippen LogP contribution is -2.45. The maximum Gasteiger partial charge on any atom is 0.243 e. The SMILES string of the molecule is CCNC(=NCC(=O)N(C)C)NC1CCN(c2cccc(Cl)c2)C1.I. The molecule has 0 saturated carbocycles. The van der Waals surface area contributed by atoms with Crippen molar-refractivity contribution in [3.05, 3.63) is 29.3 Å². The van der Waals surface area contributed by atoms with Gasteiger partial charge in [0.05, 0.1) is 0 Å². The summed E-state index contributed by atoms with van der Waals surface area (Å²) in [6.45, 7) is 4.76. The molecule has 6 nitrogen and oxygen atoms in total. The summed E-state index contributed by atoms with van der Waals surface area (Å²) in [5, 5.41) is 7.37. The van der Waals surface area contributed by atoms with Crippen molar-refractivity contribution >= 4 is 53.1 Å². The zero-order valence-electron chi connectivity index (χ0n) is 15.0. The van der Waals surface area contributed by atoms with Gasteiger partial charge in [0, 0.05) is 50.5 Å². The monoisotopic (exact) mass is 479 g/mol. The zero-order valence-corrected chi connectivity index (χ0v) is 18.0. The molecule has 2 N–H and O–H groups in total. The van der Waals surface area contributed by atoms with Crippen molar-refractivity contribution in [3.63, 3.8) is 0 Å². The summed E-state index contributed by atoms with van der Waals surface area (Å²) in [6, 6.07) is 8.20. The normalized spacial score (nSPS) is 17.0. The Morgan fingerprint density at radius 2 is 2.20 bits per heavy atom. The highest BCUT2D eigenvalue weighted by Gasteiger charge is 2.23. The molecule has 1 amide bonds. The zero-order chi connectivity index (χ0) is 17.5. The quantitative estimate of drug-likeness (QED) is 0.386. The fourth-order valence-electron chi connectivity index (χ4n) is 2.59. The van der Waals surface area contributed by atoms with Crippen LogP contribution >= 0.6 is 35.6 Å². The molecule has 8 heteroatoms. The molecular formula is C17H27ClIN5O. The van der Waals surface area contributed by atoms with E-state index in [1.54, 1.807) is 19.0 Å². The van der Waals surface area contributed by atoms with E-state index < -0.39 is 0 Å². The van der Waals surface area contributed by atoms with Gasteiger partial charge in [-0.05, 0) is 31.5 Å². The van der Waals surface area contributed by atoms with Gasteiger partial charge in [-0.3, -0.25) is 4.79 Å². The third-order valence-corrected chi connectivity index (χ3v) is 4.15. The van der Waals surface area contributed by atoms with Crippen molar-refractivity contribution < 1.29 is 4.79 Å². The van der Waals surface area contributed by atoms with Crippen LogP contribution in [0.1, 0.15) is 13.3 Å².